The molecule has 236 valence electrons. The zero-order chi connectivity index (χ0) is 28.5. The monoisotopic (exact) mass is 718 g/mol. The van der Waals surface area contributed by atoms with Crippen LogP contribution in [0.15, 0.2) is 0 Å². The minimum Gasteiger partial charge on any atom is -0.396 e. The lowest BCUT2D eigenvalue weighted by atomic mass is 9.92. The molecule has 0 unspecified atom stereocenters. The molecular formula is C26H54O4S9. The molecule has 39 heavy (non-hydrogen) atoms. The Kier molecular flexibility index (Phi) is 38.2. The Labute approximate surface area is 282 Å². The molecular weight excluding hydrogens is 665 g/mol. The average molecular weight is 719 g/mol. The molecule has 13 heteroatoms. The van der Waals surface area contributed by atoms with Gasteiger partial charge in [-0.2, -0.15) is 108 Å². The van der Waals surface area contributed by atoms with Gasteiger partial charge in [-0.1, -0.05) is 0 Å². The van der Waals surface area contributed by atoms with Crippen LogP contribution in [-0.2, 0) is 14.2 Å². The van der Waals surface area contributed by atoms with Crippen LogP contribution in [0.5, 0.6) is 0 Å². The van der Waals surface area contributed by atoms with Gasteiger partial charge in [0.15, 0.2) is 0 Å². The van der Waals surface area contributed by atoms with Crippen LogP contribution in [0.4, 0.5) is 0 Å². The van der Waals surface area contributed by atoms with Crippen LogP contribution >= 0.6 is 108 Å². The summed E-state index contributed by atoms with van der Waals surface area (Å²) in [6.07, 6.45) is 3.08. The van der Waals surface area contributed by atoms with E-state index in [1.807, 2.05) is 70.6 Å². The third kappa shape index (κ3) is 30.8. The molecule has 0 saturated carbocycles. The van der Waals surface area contributed by atoms with E-state index in [0.29, 0.717) is 39.6 Å². The summed E-state index contributed by atoms with van der Waals surface area (Å²) in [5.74, 6) is 16.7. The van der Waals surface area contributed by atoms with Gasteiger partial charge in [0.2, 0.25) is 0 Å². The lowest BCUT2D eigenvalue weighted by Gasteiger charge is -2.31. The normalized spacial score (nSPS) is 12.0. The first-order valence-corrected chi connectivity index (χ1v) is 22.7. The van der Waals surface area contributed by atoms with E-state index < -0.39 is 5.41 Å². The SMILES string of the molecule is OCC(COCCCSCCSCCS)(COCCCSCCSCCS)COCCCSCCSCCS. The van der Waals surface area contributed by atoms with Crippen LogP contribution in [0, 0.1) is 5.41 Å². The maximum absolute atomic E-state index is 10.3. The largest absolute Gasteiger partial charge is 0.396 e. The van der Waals surface area contributed by atoms with Crippen molar-refractivity contribution in [1.29, 1.82) is 0 Å². The molecule has 0 aromatic carbocycles. The van der Waals surface area contributed by atoms with Gasteiger partial charge in [0.1, 0.15) is 0 Å². The molecule has 0 radical (unpaired) electrons. The van der Waals surface area contributed by atoms with Crippen molar-refractivity contribution in [3.63, 3.8) is 0 Å². The topological polar surface area (TPSA) is 47.9 Å². The van der Waals surface area contributed by atoms with Crippen LogP contribution in [0.25, 0.3) is 0 Å². The number of aliphatic hydroxyl groups excluding tert-OH is 1. The Morgan fingerprint density at radius 2 is 0.718 bits per heavy atom. The van der Waals surface area contributed by atoms with Gasteiger partial charge in [0, 0.05) is 71.6 Å². The fourth-order valence-electron chi connectivity index (χ4n) is 3.08. The van der Waals surface area contributed by atoms with E-state index in [2.05, 4.69) is 37.9 Å². The maximum Gasteiger partial charge on any atom is 0.0635 e. The van der Waals surface area contributed by atoms with E-state index >= 15 is 0 Å². The van der Waals surface area contributed by atoms with Crippen molar-refractivity contribution >= 4 is 108 Å². The zero-order valence-corrected chi connectivity index (χ0v) is 31.2. The lowest BCUT2D eigenvalue weighted by molar-refractivity contribution is -0.0923. The highest BCUT2D eigenvalue weighted by molar-refractivity contribution is 8.04. The molecule has 0 heterocycles. The zero-order valence-electron chi connectivity index (χ0n) is 23.6. The molecule has 0 saturated heterocycles. The predicted octanol–water partition coefficient (Wildman–Crippen LogP) is 6.37. The number of hydrogen-bond acceptors (Lipinski definition) is 13. The highest BCUT2D eigenvalue weighted by Crippen LogP contribution is 2.20. The number of rotatable bonds is 34. The Hall–Kier alpha value is 2.99. The smallest absolute Gasteiger partial charge is 0.0635 e. The molecule has 0 spiro atoms. The van der Waals surface area contributed by atoms with Gasteiger partial charge in [-0.05, 0) is 53.8 Å². The molecule has 1 N–H and O–H groups in total. The number of aliphatic hydroxyl groups is 1. The van der Waals surface area contributed by atoms with Gasteiger partial charge in [0.05, 0.1) is 31.8 Å². The predicted molar refractivity (Wildman–Crippen MR) is 201 cm³/mol. The molecule has 0 aliphatic heterocycles. The van der Waals surface area contributed by atoms with E-state index in [0.717, 1.165) is 71.0 Å². The second-order valence-electron chi connectivity index (χ2n) is 8.72. The van der Waals surface area contributed by atoms with E-state index in [-0.39, 0.29) is 6.61 Å². The van der Waals surface area contributed by atoms with Gasteiger partial charge in [-0.25, -0.2) is 0 Å². The van der Waals surface area contributed by atoms with Gasteiger partial charge in [0.25, 0.3) is 0 Å². The fraction of sp³-hybridized carbons (Fsp3) is 1.00. The Morgan fingerprint density at radius 3 is 0.974 bits per heavy atom. The fourth-order valence-corrected chi connectivity index (χ4v) is 9.64. The summed E-state index contributed by atoms with van der Waals surface area (Å²) >= 11 is 24.6. The highest BCUT2D eigenvalue weighted by atomic mass is 32.2. The van der Waals surface area contributed by atoms with Gasteiger partial charge in [-0.3, -0.25) is 0 Å². The first-order chi connectivity index (χ1) is 19.2. The Bertz CT molecular complexity index is 411. The molecule has 0 rings (SSSR count). The lowest BCUT2D eigenvalue weighted by Crippen LogP contribution is -2.41. The molecule has 0 aromatic rings. The average Bonchev–Trinajstić information content (AvgIpc) is 2.95. The summed E-state index contributed by atoms with van der Waals surface area (Å²) < 4.78 is 18.1. The summed E-state index contributed by atoms with van der Waals surface area (Å²) in [7, 11) is 0. The summed E-state index contributed by atoms with van der Waals surface area (Å²) in [4.78, 5) is 0. The molecule has 0 amide bonds. The number of thioether (sulfide) groups is 6. The number of thiol groups is 3. The van der Waals surface area contributed by atoms with Crippen molar-refractivity contribution in [3.05, 3.63) is 0 Å². The second kappa shape index (κ2) is 35.5. The molecule has 0 aliphatic carbocycles. The summed E-state index contributed by atoms with van der Waals surface area (Å²) in [6.45, 7) is 3.56. The van der Waals surface area contributed by atoms with E-state index in [1.165, 1.54) is 34.5 Å². The van der Waals surface area contributed by atoms with Crippen molar-refractivity contribution in [2.24, 2.45) is 5.41 Å². The van der Waals surface area contributed by atoms with Gasteiger partial charge < -0.3 is 19.3 Å². The minimum atomic E-state index is -0.496. The Balaban J connectivity index is 4.22. The first-order valence-electron chi connectivity index (χ1n) is 13.9. The molecule has 4 nitrogen and oxygen atoms in total. The Morgan fingerprint density at radius 1 is 0.436 bits per heavy atom. The standard InChI is InChI=1S/C26H54O4S9/c27-22-26(23-28-4-1-10-34-16-19-37-13-7-31,24-29-5-2-11-35-17-20-38-14-8-32)25-30-6-3-12-36-18-21-39-15-9-33/h27,31-33H,1-25H2. The molecule has 0 aromatic heterocycles. The van der Waals surface area contributed by atoms with Crippen LogP contribution in [-0.4, -0.2) is 138 Å². The van der Waals surface area contributed by atoms with E-state index in [4.69, 9.17) is 14.2 Å². The van der Waals surface area contributed by atoms with Gasteiger partial charge >= 0.3 is 0 Å². The quantitative estimate of drug-likeness (QED) is 0.0446. The highest BCUT2D eigenvalue weighted by Gasteiger charge is 2.31. The summed E-state index contributed by atoms with van der Waals surface area (Å²) in [5.41, 5.74) is -0.496. The number of ether oxygens (including phenoxy) is 3. The molecule has 0 atom stereocenters. The van der Waals surface area contributed by atoms with Crippen LogP contribution in [0.3, 0.4) is 0 Å². The third-order valence-electron chi connectivity index (χ3n) is 5.12. The van der Waals surface area contributed by atoms with Crippen LogP contribution in [0.2, 0.25) is 0 Å². The van der Waals surface area contributed by atoms with E-state index in [1.54, 1.807) is 0 Å². The van der Waals surface area contributed by atoms with E-state index in [9.17, 15) is 5.11 Å². The maximum atomic E-state index is 10.3. The summed E-state index contributed by atoms with van der Waals surface area (Å²) in [6, 6.07) is 0. The van der Waals surface area contributed by atoms with Crippen molar-refractivity contribution in [1.82, 2.24) is 0 Å². The number of hydrogen-bond donors (Lipinski definition) is 4. The van der Waals surface area contributed by atoms with Gasteiger partial charge in [-0.15, -0.1) is 0 Å². The van der Waals surface area contributed by atoms with Crippen LogP contribution in [0.1, 0.15) is 19.3 Å². The van der Waals surface area contributed by atoms with Crippen molar-refractivity contribution in [2.75, 3.05) is 133 Å². The molecule has 0 fully saturated rings. The third-order valence-corrected chi connectivity index (χ3v) is 13.6. The van der Waals surface area contributed by atoms with Crippen molar-refractivity contribution in [3.8, 4) is 0 Å². The summed E-state index contributed by atoms with van der Waals surface area (Å²) in [5, 5.41) is 10.3. The first kappa shape index (κ1) is 42.0. The van der Waals surface area contributed by atoms with Crippen LogP contribution < -0.4 is 0 Å². The second-order valence-corrected chi connectivity index (χ2v) is 17.4. The molecule has 0 bridgehead atoms. The minimum absolute atomic E-state index is 0.0122. The van der Waals surface area contributed by atoms with Crippen molar-refractivity contribution < 1.29 is 19.3 Å². The molecule has 0 aliphatic rings. The van der Waals surface area contributed by atoms with Crippen molar-refractivity contribution in [2.45, 2.75) is 19.3 Å².